The number of ether oxygens (including phenoxy) is 1. The molecule has 0 atom stereocenters. The standard InChI is InChI=1S/C17H17FN2O4S/c1-11-9-14(4-5-15(11)18)25(22,23)19-13-3-6-16-17(10-13)24-8-7-20(16)12(2)21/h3-6,9-10,19H,7-8H2,1-2H3. The number of benzene rings is 2. The Morgan fingerprint density at radius 1 is 1.24 bits per heavy atom. The molecular formula is C17H17FN2O4S. The van der Waals surface area contributed by atoms with Gasteiger partial charge in [-0.25, -0.2) is 12.8 Å². The van der Waals surface area contributed by atoms with Crippen molar-refractivity contribution in [2.24, 2.45) is 0 Å². The largest absolute Gasteiger partial charge is 0.489 e. The zero-order valence-electron chi connectivity index (χ0n) is 13.7. The fourth-order valence-electron chi connectivity index (χ4n) is 2.61. The SMILES string of the molecule is CC(=O)N1CCOc2cc(NS(=O)(=O)c3ccc(F)c(C)c3)ccc21. The minimum absolute atomic E-state index is 0.0320. The highest BCUT2D eigenvalue weighted by molar-refractivity contribution is 7.92. The molecule has 8 heteroatoms. The van der Waals surface area contributed by atoms with Gasteiger partial charge >= 0.3 is 0 Å². The molecule has 2 aromatic rings. The summed E-state index contributed by atoms with van der Waals surface area (Å²) in [5, 5.41) is 0. The Morgan fingerprint density at radius 2 is 2.00 bits per heavy atom. The zero-order valence-corrected chi connectivity index (χ0v) is 14.6. The van der Waals surface area contributed by atoms with Crippen LogP contribution in [0.25, 0.3) is 0 Å². The van der Waals surface area contributed by atoms with Crippen LogP contribution in [-0.4, -0.2) is 27.5 Å². The van der Waals surface area contributed by atoms with Gasteiger partial charge in [-0.2, -0.15) is 0 Å². The van der Waals surface area contributed by atoms with Crippen LogP contribution in [0.2, 0.25) is 0 Å². The molecule has 0 aliphatic carbocycles. The lowest BCUT2D eigenvalue weighted by atomic mass is 10.2. The second kappa shape index (κ2) is 6.36. The topological polar surface area (TPSA) is 75.7 Å². The lowest BCUT2D eigenvalue weighted by Crippen LogP contribution is -2.36. The van der Waals surface area contributed by atoms with Crippen LogP contribution in [0.4, 0.5) is 15.8 Å². The number of sulfonamides is 1. The summed E-state index contributed by atoms with van der Waals surface area (Å²) < 4.78 is 46.2. The lowest BCUT2D eigenvalue weighted by Gasteiger charge is -2.29. The number of hydrogen-bond donors (Lipinski definition) is 1. The Hall–Kier alpha value is -2.61. The molecular weight excluding hydrogens is 347 g/mol. The summed E-state index contributed by atoms with van der Waals surface area (Å²) in [5.41, 5.74) is 1.14. The number of carbonyl (C=O) groups is 1. The lowest BCUT2D eigenvalue weighted by molar-refractivity contribution is -0.116. The Bertz CT molecular complexity index is 944. The van der Waals surface area contributed by atoms with E-state index in [4.69, 9.17) is 4.74 Å². The minimum Gasteiger partial charge on any atom is -0.489 e. The van der Waals surface area contributed by atoms with Gasteiger partial charge in [0.1, 0.15) is 18.2 Å². The maximum atomic E-state index is 13.3. The Balaban J connectivity index is 1.90. The summed E-state index contributed by atoms with van der Waals surface area (Å²) >= 11 is 0. The smallest absolute Gasteiger partial charge is 0.261 e. The van der Waals surface area contributed by atoms with Gasteiger partial charge in [0, 0.05) is 13.0 Å². The molecule has 1 aliphatic heterocycles. The van der Waals surface area contributed by atoms with Gasteiger partial charge in [0.25, 0.3) is 10.0 Å². The average molecular weight is 364 g/mol. The van der Waals surface area contributed by atoms with Crippen molar-refractivity contribution in [3.05, 3.63) is 47.8 Å². The van der Waals surface area contributed by atoms with E-state index >= 15 is 0 Å². The third-order valence-electron chi connectivity index (χ3n) is 3.90. The number of hydrogen-bond acceptors (Lipinski definition) is 4. The van der Waals surface area contributed by atoms with Crippen LogP contribution in [0.5, 0.6) is 5.75 Å². The molecule has 0 spiro atoms. The number of halogens is 1. The number of fused-ring (bicyclic) bond motifs is 1. The van der Waals surface area contributed by atoms with E-state index < -0.39 is 15.8 Å². The number of amides is 1. The fourth-order valence-corrected chi connectivity index (χ4v) is 3.74. The Morgan fingerprint density at radius 3 is 2.68 bits per heavy atom. The molecule has 132 valence electrons. The number of carbonyl (C=O) groups excluding carboxylic acids is 1. The van der Waals surface area contributed by atoms with Crippen LogP contribution in [0.3, 0.4) is 0 Å². The van der Waals surface area contributed by atoms with Crippen LogP contribution in [0.15, 0.2) is 41.3 Å². The van der Waals surface area contributed by atoms with E-state index in [1.165, 1.54) is 32.0 Å². The van der Waals surface area contributed by atoms with Gasteiger partial charge in [0.05, 0.1) is 22.8 Å². The maximum absolute atomic E-state index is 13.3. The van der Waals surface area contributed by atoms with E-state index in [-0.39, 0.29) is 16.4 Å². The fraction of sp³-hybridized carbons (Fsp3) is 0.235. The second-order valence-corrected chi connectivity index (χ2v) is 7.40. The van der Waals surface area contributed by atoms with Crippen molar-refractivity contribution in [3.8, 4) is 5.75 Å². The third-order valence-corrected chi connectivity index (χ3v) is 5.27. The maximum Gasteiger partial charge on any atom is 0.261 e. The molecule has 0 saturated carbocycles. The van der Waals surface area contributed by atoms with Crippen molar-refractivity contribution in [2.75, 3.05) is 22.8 Å². The molecule has 0 aromatic heterocycles. The highest BCUT2D eigenvalue weighted by Crippen LogP contribution is 2.34. The Kier molecular flexibility index (Phi) is 4.38. The zero-order chi connectivity index (χ0) is 18.2. The first-order valence-corrected chi connectivity index (χ1v) is 9.10. The van der Waals surface area contributed by atoms with Gasteiger partial charge in [0.2, 0.25) is 5.91 Å². The monoisotopic (exact) mass is 364 g/mol. The predicted octanol–water partition coefficient (Wildman–Crippen LogP) is 2.68. The molecule has 0 saturated heterocycles. The van der Waals surface area contributed by atoms with E-state index in [1.807, 2.05) is 0 Å². The molecule has 0 fully saturated rings. The van der Waals surface area contributed by atoms with E-state index in [1.54, 1.807) is 17.0 Å². The average Bonchev–Trinajstić information content (AvgIpc) is 2.56. The van der Waals surface area contributed by atoms with Crippen LogP contribution in [0.1, 0.15) is 12.5 Å². The van der Waals surface area contributed by atoms with Crippen molar-refractivity contribution in [2.45, 2.75) is 18.7 Å². The van der Waals surface area contributed by atoms with Gasteiger partial charge in [0.15, 0.2) is 0 Å². The third kappa shape index (κ3) is 3.43. The van der Waals surface area contributed by atoms with Crippen molar-refractivity contribution in [3.63, 3.8) is 0 Å². The molecule has 1 aliphatic rings. The second-order valence-electron chi connectivity index (χ2n) is 5.72. The number of anilines is 2. The summed E-state index contributed by atoms with van der Waals surface area (Å²) in [6, 6.07) is 8.30. The number of nitrogens with zero attached hydrogens (tertiary/aromatic N) is 1. The van der Waals surface area contributed by atoms with Crippen molar-refractivity contribution in [1.29, 1.82) is 0 Å². The van der Waals surface area contributed by atoms with Crippen molar-refractivity contribution >= 4 is 27.3 Å². The van der Waals surface area contributed by atoms with Gasteiger partial charge in [-0.1, -0.05) is 0 Å². The van der Waals surface area contributed by atoms with E-state index in [0.29, 0.717) is 30.3 Å². The van der Waals surface area contributed by atoms with E-state index in [9.17, 15) is 17.6 Å². The number of rotatable bonds is 3. The molecule has 0 bridgehead atoms. The summed E-state index contributed by atoms with van der Waals surface area (Å²) in [7, 11) is -3.86. The quantitative estimate of drug-likeness (QED) is 0.909. The number of nitrogens with one attached hydrogen (secondary N) is 1. The first-order valence-electron chi connectivity index (χ1n) is 7.62. The van der Waals surface area contributed by atoms with Gasteiger partial charge < -0.3 is 9.64 Å². The minimum atomic E-state index is -3.86. The van der Waals surface area contributed by atoms with Crippen LogP contribution < -0.4 is 14.4 Å². The van der Waals surface area contributed by atoms with Gasteiger partial charge in [-0.05, 0) is 42.8 Å². The summed E-state index contributed by atoms with van der Waals surface area (Å²) in [6.07, 6.45) is 0. The molecule has 2 aromatic carbocycles. The normalized spacial score (nSPS) is 13.8. The molecule has 1 N–H and O–H groups in total. The van der Waals surface area contributed by atoms with Crippen LogP contribution in [-0.2, 0) is 14.8 Å². The molecule has 1 amide bonds. The summed E-state index contributed by atoms with van der Waals surface area (Å²) in [4.78, 5) is 13.2. The van der Waals surface area contributed by atoms with Gasteiger partial charge in [-0.3, -0.25) is 9.52 Å². The van der Waals surface area contributed by atoms with Crippen LogP contribution >= 0.6 is 0 Å². The first kappa shape index (κ1) is 17.2. The summed E-state index contributed by atoms with van der Waals surface area (Å²) in [5.74, 6) is -0.151. The molecule has 0 radical (unpaired) electrons. The highest BCUT2D eigenvalue weighted by Gasteiger charge is 2.22. The predicted molar refractivity (Wildman–Crippen MR) is 91.9 cm³/mol. The molecule has 25 heavy (non-hydrogen) atoms. The molecule has 3 rings (SSSR count). The highest BCUT2D eigenvalue weighted by atomic mass is 32.2. The summed E-state index contributed by atoms with van der Waals surface area (Å²) in [6.45, 7) is 3.74. The molecule has 1 heterocycles. The Labute approximate surface area is 145 Å². The van der Waals surface area contributed by atoms with Crippen molar-refractivity contribution in [1.82, 2.24) is 0 Å². The van der Waals surface area contributed by atoms with E-state index in [2.05, 4.69) is 4.72 Å². The molecule has 6 nitrogen and oxygen atoms in total. The molecule has 0 unspecified atom stereocenters. The van der Waals surface area contributed by atoms with E-state index in [0.717, 1.165) is 6.07 Å². The number of aryl methyl sites for hydroxylation is 1. The first-order chi connectivity index (χ1) is 11.8. The van der Waals surface area contributed by atoms with Crippen LogP contribution in [0, 0.1) is 12.7 Å². The van der Waals surface area contributed by atoms with Crippen molar-refractivity contribution < 1.29 is 22.3 Å². The van der Waals surface area contributed by atoms with Gasteiger partial charge in [-0.15, -0.1) is 0 Å².